The first kappa shape index (κ1) is 12.9. The van der Waals surface area contributed by atoms with E-state index in [-0.39, 0.29) is 5.91 Å². The number of hydrogen-bond acceptors (Lipinski definition) is 3. The summed E-state index contributed by atoms with van der Waals surface area (Å²) in [6.45, 7) is 2.70. The van der Waals surface area contributed by atoms with Crippen molar-refractivity contribution in [3.05, 3.63) is 29.3 Å². The average molecular weight is 247 g/mol. The Morgan fingerprint density at radius 3 is 3.11 bits per heavy atom. The van der Waals surface area contributed by atoms with Gasteiger partial charge < -0.3 is 15.5 Å². The van der Waals surface area contributed by atoms with Crippen molar-refractivity contribution in [3.8, 4) is 0 Å². The predicted octanol–water partition coefficient (Wildman–Crippen LogP) is 1.34. The first-order valence-corrected chi connectivity index (χ1v) is 6.49. The monoisotopic (exact) mass is 247 g/mol. The van der Waals surface area contributed by atoms with Crippen molar-refractivity contribution in [2.75, 3.05) is 39.0 Å². The Bertz CT molecular complexity index is 431. The van der Waals surface area contributed by atoms with Crippen LogP contribution >= 0.6 is 0 Å². The summed E-state index contributed by atoms with van der Waals surface area (Å²) in [5, 5.41) is 6.39. The molecule has 0 saturated carbocycles. The number of fused-ring (bicyclic) bond motifs is 1. The molecule has 0 unspecified atom stereocenters. The van der Waals surface area contributed by atoms with Crippen LogP contribution in [-0.4, -0.2) is 44.5 Å². The van der Waals surface area contributed by atoms with Crippen LogP contribution in [0.2, 0.25) is 0 Å². The molecule has 1 aromatic rings. The van der Waals surface area contributed by atoms with Crippen molar-refractivity contribution < 1.29 is 4.79 Å². The lowest BCUT2D eigenvalue weighted by Gasteiger charge is -2.17. The number of rotatable bonds is 5. The van der Waals surface area contributed by atoms with E-state index in [4.69, 9.17) is 0 Å². The van der Waals surface area contributed by atoms with Crippen molar-refractivity contribution in [2.24, 2.45) is 0 Å². The van der Waals surface area contributed by atoms with Crippen LogP contribution < -0.4 is 10.6 Å². The van der Waals surface area contributed by atoms with Crippen LogP contribution in [0.4, 0.5) is 5.69 Å². The minimum atomic E-state index is 0.112. The molecule has 0 aliphatic carbocycles. The highest BCUT2D eigenvalue weighted by Gasteiger charge is 2.15. The summed E-state index contributed by atoms with van der Waals surface area (Å²) in [6, 6.07) is 5.94. The first-order valence-electron chi connectivity index (χ1n) is 6.49. The highest BCUT2D eigenvalue weighted by Crippen LogP contribution is 2.23. The summed E-state index contributed by atoms with van der Waals surface area (Å²) < 4.78 is 0. The predicted molar refractivity (Wildman–Crippen MR) is 74.1 cm³/mol. The van der Waals surface area contributed by atoms with Crippen LogP contribution in [-0.2, 0) is 6.42 Å². The maximum absolute atomic E-state index is 12.2. The van der Waals surface area contributed by atoms with Gasteiger partial charge in [-0.05, 0) is 50.2 Å². The highest BCUT2D eigenvalue weighted by molar-refractivity contribution is 5.94. The van der Waals surface area contributed by atoms with Crippen LogP contribution in [0.5, 0.6) is 0 Å². The lowest BCUT2D eigenvalue weighted by atomic mass is 10.1. The number of amides is 1. The fraction of sp³-hybridized carbons (Fsp3) is 0.500. The molecule has 2 N–H and O–H groups in total. The van der Waals surface area contributed by atoms with E-state index < -0.39 is 0 Å². The van der Waals surface area contributed by atoms with Gasteiger partial charge in [0.25, 0.3) is 5.91 Å². The van der Waals surface area contributed by atoms with Gasteiger partial charge in [0.15, 0.2) is 0 Å². The minimum Gasteiger partial charge on any atom is -0.384 e. The SMILES string of the molecule is CNCCCN(C)C(=O)c1ccc2c(c1)CCN2. The fourth-order valence-electron chi connectivity index (χ4n) is 2.25. The molecule has 18 heavy (non-hydrogen) atoms. The Balaban J connectivity index is 2.00. The molecule has 0 saturated heterocycles. The normalized spacial score (nSPS) is 13.0. The Labute approximate surface area is 108 Å². The molecule has 0 fully saturated rings. The van der Waals surface area contributed by atoms with E-state index >= 15 is 0 Å². The molecule has 0 radical (unpaired) electrons. The number of nitrogens with zero attached hydrogens (tertiary/aromatic N) is 1. The summed E-state index contributed by atoms with van der Waals surface area (Å²) in [7, 11) is 3.79. The van der Waals surface area contributed by atoms with E-state index in [9.17, 15) is 4.79 Å². The molecule has 0 atom stereocenters. The van der Waals surface area contributed by atoms with E-state index in [1.165, 1.54) is 11.3 Å². The number of hydrogen-bond donors (Lipinski definition) is 2. The van der Waals surface area contributed by atoms with Gasteiger partial charge in [-0.1, -0.05) is 0 Å². The largest absolute Gasteiger partial charge is 0.384 e. The van der Waals surface area contributed by atoms with Gasteiger partial charge in [0.05, 0.1) is 0 Å². The Morgan fingerprint density at radius 1 is 1.50 bits per heavy atom. The lowest BCUT2D eigenvalue weighted by Crippen LogP contribution is -2.29. The van der Waals surface area contributed by atoms with Crippen LogP contribution in [0.3, 0.4) is 0 Å². The molecule has 4 nitrogen and oxygen atoms in total. The summed E-state index contributed by atoms with van der Waals surface area (Å²) in [6.07, 6.45) is 1.99. The zero-order chi connectivity index (χ0) is 13.0. The summed E-state index contributed by atoms with van der Waals surface area (Å²) in [4.78, 5) is 14.0. The van der Waals surface area contributed by atoms with E-state index in [1.807, 2.05) is 32.3 Å². The Kier molecular flexibility index (Phi) is 4.20. The van der Waals surface area contributed by atoms with Crippen molar-refractivity contribution in [2.45, 2.75) is 12.8 Å². The van der Waals surface area contributed by atoms with Gasteiger partial charge in [0.1, 0.15) is 0 Å². The van der Waals surface area contributed by atoms with E-state index in [1.54, 1.807) is 4.90 Å². The summed E-state index contributed by atoms with van der Waals surface area (Å²) in [5.41, 5.74) is 3.22. The van der Waals surface area contributed by atoms with Crippen molar-refractivity contribution in [1.82, 2.24) is 10.2 Å². The molecule has 0 aromatic heterocycles. The number of carbonyl (C=O) groups is 1. The van der Waals surface area contributed by atoms with Crippen molar-refractivity contribution in [1.29, 1.82) is 0 Å². The molecule has 98 valence electrons. The molecular formula is C14H21N3O. The van der Waals surface area contributed by atoms with Crippen LogP contribution in [0.1, 0.15) is 22.3 Å². The van der Waals surface area contributed by atoms with Gasteiger partial charge in [-0.3, -0.25) is 4.79 Å². The molecule has 0 bridgehead atoms. The second kappa shape index (κ2) is 5.87. The standard InChI is InChI=1S/C14H21N3O/c1-15-7-3-9-17(2)14(18)12-4-5-13-11(10-12)6-8-16-13/h4-5,10,15-16H,3,6-9H2,1-2H3. The van der Waals surface area contributed by atoms with Gasteiger partial charge >= 0.3 is 0 Å². The topological polar surface area (TPSA) is 44.4 Å². The summed E-state index contributed by atoms with van der Waals surface area (Å²) >= 11 is 0. The number of anilines is 1. The number of benzene rings is 1. The summed E-state index contributed by atoms with van der Waals surface area (Å²) in [5.74, 6) is 0.112. The van der Waals surface area contributed by atoms with Gasteiger partial charge in [-0.25, -0.2) is 0 Å². The van der Waals surface area contributed by atoms with Gasteiger partial charge in [0, 0.05) is 31.4 Å². The molecule has 1 amide bonds. The minimum absolute atomic E-state index is 0.112. The third kappa shape index (κ3) is 2.82. The van der Waals surface area contributed by atoms with Crippen LogP contribution in [0, 0.1) is 0 Å². The maximum atomic E-state index is 12.2. The third-order valence-corrected chi connectivity index (χ3v) is 3.33. The van der Waals surface area contributed by atoms with Crippen LogP contribution in [0.15, 0.2) is 18.2 Å². The van der Waals surface area contributed by atoms with Gasteiger partial charge in [0.2, 0.25) is 0 Å². The molecule has 1 aliphatic rings. The molecule has 0 spiro atoms. The number of nitrogens with one attached hydrogen (secondary N) is 2. The second-order valence-corrected chi connectivity index (χ2v) is 4.73. The number of carbonyl (C=O) groups excluding carboxylic acids is 1. The van der Waals surface area contributed by atoms with E-state index in [0.29, 0.717) is 0 Å². The fourth-order valence-corrected chi connectivity index (χ4v) is 2.25. The third-order valence-electron chi connectivity index (χ3n) is 3.33. The molecule has 2 rings (SSSR count). The van der Waals surface area contributed by atoms with Gasteiger partial charge in [-0.2, -0.15) is 0 Å². The van der Waals surface area contributed by atoms with Gasteiger partial charge in [-0.15, -0.1) is 0 Å². The Hall–Kier alpha value is -1.55. The second-order valence-electron chi connectivity index (χ2n) is 4.73. The molecular weight excluding hydrogens is 226 g/mol. The Morgan fingerprint density at radius 2 is 2.33 bits per heavy atom. The average Bonchev–Trinajstić information content (AvgIpc) is 2.85. The molecule has 1 aromatic carbocycles. The zero-order valence-corrected chi connectivity index (χ0v) is 11.1. The quantitative estimate of drug-likeness (QED) is 0.772. The van der Waals surface area contributed by atoms with E-state index in [2.05, 4.69) is 10.6 Å². The lowest BCUT2D eigenvalue weighted by molar-refractivity contribution is 0.0793. The smallest absolute Gasteiger partial charge is 0.253 e. The van der Waals surface area contributed by atoms with Crippen molar-refractivity contribution in [3.63, 3.8) is 0 Å². The zero-order valence-electron chi connectivity index (χ0n) is 11.1. The highest BCUT2D eigenvalue weighted by atomic mass is 16.2. The first-order chi connectivity index (χ1) is 8.72. The van der Waals surface area contributed by atoms with E-state index in [0.717, 1.165) is 38.0 Å². The van der Waals surface area contributed by atoms with Crippen molar-refractivity contribution >= 4 is 11.6 Å². The molecule has 4 heteroatoms. The maximum Gasteiger partial charge on any atom is 0.253 e. The van der Waals surface area contributed by atoms with Crippen LogP contribution in [0.25, 0.3) is 0 Å². The molecule has 1 heterocycles. The molecule has 1 aliphatic heterocycles.